The van der Waals surface area contributed by atoms with E-state index in [1.54, 1.807) is 6.20 Å². The lowest BCUT2D eigenvalue weighted by Gasteiger charge is -2.20. The van der Waals surface area contributed by atoms with Gasteiger partial charge in [0.1, 0.15) is 0 Å². The fraction of sp³-hybridized carbons (Fsp3) is 0.467. The molecule has 0 aromatic carbocycles. The third-order valence-electron chi connectivity index (χ3n) is 3.03. The molecular weight excluding hydrogens is 316 g/mol. The number of aromatic nitrogens is 3. The van der Waals surface area contributed by atoms with Gasteiger partial charge in [0.05, 0.1) is 11.9 Å². The van der Waals surface area contributed by atoms with E-state index in [4.69, 9.17) is 0 Å². The van der Waals surface area contributed by atoms with Gasteiger partial charge in [-0.2, -0.15) is 5.10 Å². The summed E-state index contributed by atoms with van der Waals surface area (Å²) in [6.45, 7) is 9.47. The maximum absolute atomic E-state index is 4.49. The molecule has 2 rings (SSSR count). The van der Waals surface area contributed by atoms with Gasteiger partial charge in [-0.15, -0.1) is 0 Å². The van der Waals surface area contributed by atoms with Crippen LogP contribution in [0.3, 0.4) is 0 Å². The van der Waals surface area contributed by atoms with Gasteiger partial charge >= 0.3 is 0 Å². The number of nitrogens with zero attached hydrogens (tertiary/aromatic N) is 3. The maximum Gasteiger partial charge on any atom is 0.153 e. The average Bonchev–Trinajstić information content (AvgIpc) is 2.79. The summed E-state index contributed by atoms with van der Waals surface area (Å²) in [5.74, 6) is 0.854. The second-order valence-electron chi connectivity index (χ2n) is 5.82. The van der Waals surface area contributed by atoms with E-state index >= 15 is 0 Å². The Morgan fingerprint density at radius 2 is 2.00 bits per heavy atom. The van der Waals surface area contributed by atoms with Crippen LogP contribution >= 0.6 is 15.9 Å². The zero-order chi connectivity index (χ0) is 14.8. The number of halogens is 1. The van der Waals surface area contributed by atoms with Crippen LogP contribution in [0.5, 0.6) is 0 Å². The highest BCUT2D eigenvalue weighted by Crippen LogP contribution is 2.17. The van der Waals surface area contributed by atoms with Gasteiger partial charge in [0.2, 0.25) is 0 Å². The largest absolute Gasteiger partial charge is 0.308 e. The fourth-order valence-corrected chi connectivity index (χ4v) is 2.22. The number of rotatable bonds is 4. The quantitative estimate of drug-likeness (QED) is 0.929. The molecule has 0 unspecified atom stereocenters. The number of hydrogen-bond acceptors (Lipinski definition) is 3. The normalized spacial score (nSPS) is 11.8. The lowest BCUT2D eigenvalue weighted by Crippen LogP contribution is -2.35. The van der Waals surface area contributed by atoms with Crippen molar-refractivity contribution in [3.05, 3.63) is 40.3 Å². The highest BCUT2D eigenvalue weighted by atomic mass is 79.9. The molecular formula is C15H21BrN4. The topological polar surface area (TPSA) is 42.7 Å². The molecule has 0 radical (unpaired) electrons. The van der Waals surface area contributed by atoms with Gasteiger partial charge < -0.3 is 5.32 Å². The summed E-state index contributed by atoms with van der Waals surface area (Å²) in [5, 5.41) is 7.99. The lowest BCUT2D eigenvalue weighted by molar-refractivity contribution is 0.423. The van der Waals surface area contributed by atoms with Crippen LogP contribution in [-0.2, 0) is 13.0 Å². The van der Waals surface area contributed by atoms with Gasteiger partial charge in [-0.25, -0.2) is 9.67 Å². The molecule has 0 aliphatic heterocycles. The SMILES string of the molecule is CCc1c(CNC(C)(C)C)cnn1-c1ccc(Br)cn1. The van der Waals surface area contributed by atoms with Gasteiger partial charge in [-0.1, -0.05) is 6.92 Å². The van der Waals surface area contributed by atoms with Crippen LogP contribution in [0.25, 0.3) is 5.82 Å². The molecule has 0 saturated heterocycles. The summed E-state index contributed by atoms with van der Waals surface area (Å²) in [6.07, 6.45) is 4.66. The van der Waals surface area contributed by atoms with E-state index in [9.17, 15) is 0 Å². The van der Waals surface area contributed by atoms with Crippen molar-refractivity contribution in [2.75, 3.05) is 0 Å². The minimum Gasteiger partial charge on any atom is -0.308 e. The Kier molecular flexibility index (Phi) is 4.60. The van der Waals surface area contributed by atoms with Gasteiger partial charge in [0.15, 0.2) is 5.82 Å². The molecule has 0 spiro atoms. The maximum atomic E-state index is 4.49. The summed E-state index contributed by atoms with van der Waals surface area (Å²) in [4.78, 5) is 4.41. The second-order valence-corrected chi connectivity index (χ2v) is 6.74. The van der Waals surface area contributed by atoms with Gasteiger partial charge in [-0.3, -0.25) is 0 Å². The summed E-state index contributed by atoms with van der Waals surface area (Å²) >= 11 is 3.40. The van der Waals surface area contributed by atoms with E-state index in [1.165, 1.54) is 11.3 Å². The van der Waals surface area contributed by atoms with Gasteiger partial charge in [0.25, 0.3) is 0 Å². The Hall–Kier alpha value is -1.20. The van der Waals surface area contributed by atoms with Crippen molar-refractivity contribution in [1.29, 1.82) is 0 Å². The van der Waals surface area contributed by atoms with Crippen LogP contribution in [0.1, 0.15) is 39.0 Å². The predicted molar refractivity (Wildman–Crippen MR) is 85.0 cm³/mol. The molecule has 0 aliphatic carbocycles. The molecule has 108 valence electrons. The molecule has 20 heavy (non-hydrogen) atoms. The van der Waals surface area contributed by atoms with E-state index in [-0.39, 0.29) is 5.54 Å². The molecule has 5 heteroatoms. The van der Waals surface area contributed by atoms with Gasteiger partial charge in [0, 0.05) is 28.3 Å². The molecule has 1 N–H and O–H groups in total. The molecule has 0 saturated carbocycles. The van der Waals surface area contributed by atoms with Crippen molar-refractivity contribution in [3.63, 3.8) is 0 Å². The Balaban J connectivity index is 2.27. The molecule has 2 heterocycles. The van der Waals surface area contributed by atoms with Crippen LogP contribution in [0.2, 0.25) is 0 Å². The first-order valence-corrected chi connectivity index (χ1v) is 7.62. The monoisotopic (exact) mass is 336 g/mol. The smallest absolute Gasteiger partial charge is 0.153 e. The summed E-state index contributed by atoms with van der Waals surface area (Å²) < 4.78 is 2.90. The number of hydrogen-bond donors (Lipinski definition) is 1. The zero-order valence-corrected chi connectivity index (χ0v) is 14.0. The first-order chi connectivity index (χ1) is 9.40. The summed E-state index contributed by atoms with van der Waals surface area (Å²) in [5.41, 5.74) is 2.53. The minimum absolute atomic E-state index is 0.100. The van der Waals surface area contributed by atoms with Crippen LogP contribution in [0, 0.1) is 0 Å². The fourth-order valence-electron chi connectivity index (χ4n) is 1.98. The first-order valence-electron chi connectivity index (χ1n) is 6.83. The molecule has 0 amide bonds. The minimum atomic E-state index is 0.100. The first kappa shape index (κ1) is 15.2. The van der Waals surface area contributed by atoms with Crippen molar-refractivity contribution < 1.29 is 0 Å². The summed E-state index contributed by atoms with van der Waals surface area (Å²) in [6, 6.07) is 3.95. The van der Waals surface area contributed by atoms with Crippen molar-refractivity contribution in [3.8, 4) is 5.82 Å². The van der Waals surface area contributed by atoms with Gasteiger partial charge in [-0.05, 0) is 55.3 Å². The second kappa shape index (κ2) is 6.06. The lowest BCUT2D eigenvalue weighted by atomic mass is 10.1. The summed E-state index contributed by atoms with van der Waals surface area (Å²) in [7, 11) is 0. The van der Waals surface area contributed by atoms with Crippen molar-refractivity contribution in [1.82, 2.24) is 20.1 Å². The third kappa shape index (κ3) is 3.67. The molecule has 0 bridgehead atoms. The molecule has 0 atom stereocenters. The molecule has 0 aliphatic rings. The van der Waals surface area contributed by atoms with Crippen molar-refractivity contribution in [2.45, 2.75) is 46.2 Å². The van der Waals surface area contributed by atoms with E-state index in [0.29, 0.717) is 0 Å². The molecule has 2 aromatic rings. The Bertz CT molecular complexity index is 567. The van der Waals surface area contributed by atoms with Crippen molar-refractivity contribution >= 4 is 15.9 Å². The Labute approximate surface area is 128 Å². The third-order valence-corrected chi connectivity index (χ3v) is 3.50. The number of nitrogens with one attached hydrogen (secondary N) is 1. The predicted octanol–water partition coefficient (Wildman–Crippen LogP) is 3.48. The standard InChI is InChI=1S/C15H21BrN4/c1-5-13-11(8-18-15(2,3)4)9-19-20(13)14-7-6-12(16)10-17-14/h6-7,9-10,18H,5,8H2,1-4H3. The average molecular weight is 337 g/mol. The van der Waals surface area contributed by atoms with E-state index in [0.717, 1.165) is 23.3 Å². The highest BCUT2D eigenvalue weighted by Gasteiger charge is 2.14. The van der Waals surface area contributed by atoms with Crippen LogP contribution < -0.4 is 5.32 Å². The van der Waals surface area contributed by atoms with Crippen LogP contribution in [0.15, 0.2) is 29.0 Å². The van der Waals surface area contributed by atoms with Crippen LogP contribution in [0.4, 0.5) is 0 Å². The highest BCUT2D eigenvalue weighted by molar-refractivity contribution is 9.10. The molecule has 4 nitrogen and oxygen atoms in total. The Morgan fingerprint density at radius 1 is 1.25 bits per heavy atom. The molecule has 2 aromatic heterocycles. The Morgan fingerprint density at radius 3 is 2.55 bits per heavy atom. The van der Waals surface area contributed by atoms with Crippen LogP contribution in [-0.4, -0.2) is 20.3 Å². The molecule has 0 fully saturated rings. The van der Waals surface area contributed by atoms with E-state index < -0.39 is 0 Å². The zero-order valence-electron chi connectivity index (χ0n) is 12.4. The van der Waals surface area contributed by atoms with Crippen molar-refractivity contribution in [2.24, 2.45) is 0 Å². The number of pyridine rings is 1. The van der Waals surface area contributed by atoms with E-state index in [2.05, 4.69) is 59.0 Å². The van der Waals surface area contributed by atoms with E-state index in [1.807, 2.05) is 23.0 Å².